The molecule has 0 spiro atoms. The molecule has 6 nitrogen and oxygen atoms in total. The van der Waals surface area contributed by atoms with Gasteiger partial charge in [-0.05, 0) is 53.4 Å². The van der Waals surface area contributed by atoms with Gasteiger partial charge in [-0.3, -0.25) is 0 Å². The Labute approximate surface area is 176 Å². The normalized spacial score (nSPS) is 26.2. The van der Waals surface area contributed by atoms with E-state index in [2.05, 4.69) is 44.4 Å². The van der Waals surface area contributed by atoms with Gasteiger partial charge >= 0.3 is 0 Å². The summed E-state index contributed by atoms with van der Waals surface area (Å²) in [5.41, 5.74) is 7.32. The molecule has 0 atom stereocenters. The van der Waals surface area contributed by atoms with Crippen LogP contribution in [0.3, 0.4) is 0 Å². The Morgan fingerprint density at radius 2 is 1.63 bits per heavy atom. The molecule has 0 radical (unpaired) electrons. The third kappa shape index (κ3) is 6.08. The Kier molecular flexibility index (Phi) is 7.79. The molecule has 0 amide bonds. The summed E-state index contributed by atoms with van der Waals surface area (Å²) in [5.74, 6) is 2.18. The quantitative estimate of drug-likeness (QED) is 0.695. The Bertz CT molecular complexity index is 613. The van der Waals surface area contributed by atoms with Crippen molar-refractivity contribution in [1.29, 1.82) is 0 Å². The van der Waals surface area contributed by atoms with Crippen LogP contribution >= 0.6 is 24.8 Å². The Balaban J connectivity index is 0.00000182. The third-order valence-corrected chi connectivity index (χ3v) is 5.27. The second kappa shape index (κ2) is 8.68. The largest absolute Gasteiger partial charge is 0.367 e. The number of nitrogens with one attached hydrogen (secondary N) is 2. The summed E-state index contributed by atoms with van der Waals surface area (Å²) in [4.78, 5) is 11.5. The first kappa shape index (κ1) is 24.2. The summed E-state index contributed by atoms with van der Waals surface area (Å²) in [5, 5.41) is 7.43. The highest BCUT2D eigenvalue weighted by atomic mass is 35.5. The zero-order chi connectivity index (χ0) is 18.4. The van der Waals surface area contributed by atoms with E-state index in [0.29, 0.717) is 18.0 Å². The second-order valence-corrected chi connectivity index (χ2v) is 9.44. The highest BCUT2D eigenvalue weighted by Gasteiger charge is 2.38. The van der Waals surface area contributed by atoms with E-state index in [4.69, 9.17) is 15.7 Å². The molecule has 2 heterocycles. The number of piperidine rings is 1. The minimum atomic E-state index is 0. The molecule has 1 saturated carbocycles. The number of nitrogens with two attached hydrogens (primary N) is 1. The molecule has 4 N–H and O–H groups in total. The molecule has 27 heavy (non-hydrogen) atoms. The number of anilines is 2. The first-order valence-electron chi connectivity index (χ1n) is 9.41. The van der Waals surface area contributed by atoms with Crippen molar-refractivity contribution in [2.75, 3.05) is 24.3 Å². The first-order valence-corrected chi connectivity index (χ1v) is 9.41. The third-order valence-electron chi connectivity index (χ3n) is 5.27. The molecule has 1 saturated heterocycles. The highest BCUT2D eigenvalue weighted by Crippen LogP contribution is 2.36. The standard InChI is InChI=1S/C19H34N6.2ClH/c1-18(2)10-14(11-19(3,4)24-18)21-16-9-15(12-7-13(20)8-12)22-17(23-16)25(5)6;;/h9,12-14,24H,7-8,10-11,20H2,1-6H3,(H,21,22,23);2*1H. The smallest absolute Gasteiger partial charge is 0.227 e. The number of nitrogens with zero attached hydrogens (tertiary/aromatic N) is 3. The van der Waals surface area contributed by atoms with Gasteiger partial charge in [0.05, 0.1) is 5.69 Å². The van der Waals surface area contributed by atoms with Crippen molar-refractivity contribution in [3.05, 3.63) is 11.8 Å². The van der Waals surface area contributed by atoms with Crippen molar-refractivity contribution in [3.63, 3.8) is 0 Å². The summed E-state index contributed by atoms with van der Waals surface area (Å²) < 4.78 is 0. The van der Waals surface area contributed by atoms with E-state index in [0.717, 1.165) is 43.1 Å². The highest BCUT2D eigenvalue weighted by molar-refractivity contribution is 5.85. The topological polar surface area (TPSA) is 79.1 Å². The maximum atomic E-state index is 5.97. The molecule has 0 bridgehead atoms. The van der Waals surface area contributed by atoms with Gasteiger partial charge in [0.1, 0.15) is 5.82 Å². The predicted molar refractivity (Wildman–Crippen MR) is 119 cm³/mol. The van der Waals surface area contributed by atoms with Crippen LogP contribution in [0.15, 0.2) is 6.07 Å². The number of hydrogen-bond donors (Lipinski definition) is 3. The van der Waals surface area contributed by atoms with Crippen LogP contribution in [-0.2, 0) is 0 Å². The number of rotatable bonds is 4. The molecule has 1 aliphatic carbocycles. The number of halogens is 2. The molecule has 8 heteroatoms. The van der Waals surface area contributed by atoms with E-state index in [1.165, 1.54) is 0 Å². The Morgan fingerprint density at radius 3 is 2.11 bits per heavy atom. The van der Waals surface area contributed by atoms with Crippen LogP contribution in [0.4, 0.5) is 11.8 Å². The minimum Gasteiger partial charge on any atom is -0.367 e. The SMILES string of the molecule is CN(C)c1nc(NC2CC(C)(C)NC(C)(C)C2)cc(C2CC(N)C2)n1.Cl.Cl. The van der Waals surface area contributed by atoms with Crippen molar-refractivity contribution in [3.8, 4) is 0 Å². The fourth-order valence-electron chi connectivity index (χ4n) is 4.47. The summed E-state index contributed by atoms with van der Waals surface area (Å²) >= 11 is 0. The van der Waals surface area contributed by atoms with Crippen molar-refractivity contribution in [2.45, 2.75) is 82.5 Å². The van der Waals surface area contributed by atoms with Gasteiger partial charge in [-0.2, -0.15) is 4.98 Å². The minimum absolute atomic E-state index is 0. The van der Waals surface area contributed by atoms with Crippen LogP contribution in [0.25, 0.3) is 0 Å². The van der Waals surface area contributed by atoms with Crippen LogP contribution in [0, 0.1) is 0 Å². The molecule has 0 aromatic carbocycles. The van der Waals surface area contributed by atoms with E-state index in [9.17, 15) is 0 Å². The van der Waals surface area contributed by atoms with E-state index in [-0.39, 0.29) is 35.9 Å². The Morgan fingerprint density at radius 1 is 1.07 bits per heavy atom. The summed E-state index contributed by atoms with van der Waals surface area (Å²) in [7, 11) is 3.98. The van der Waals surface area contributed by atoms with Crippen LogP contribution in [0.2, 0.25) is 0 Å². The van der Waals surface area contributed by atoms with Gasteiger partial charge in [-0.15, -0.1) is 24.8 Å². The van der Waals surface area contributed by atoms with Crippen LogP contribution in [0.1, 0.15) is 65.0 Å². The lowest BCUT2D eigenvalue weighted by Crippen LogP contribution is -2.60. The molecular weight excluding hydrogens is 383 g/mol. The van der Waals surface area contributed by atoms with Crippen molar-refractivity contribution < 1.29 is 0 Å². The lowest BCUT2D eigenvalue weighted by Gasteiger charge is -2.46. The van der Waals surface area contributed by atoms with Crippen molar-refractivity contribution in [2.24, 2.45) is 5.73 Å². The molecular formula is C19H36Cl2N6. The van der Waals surface area contributed by atoms with Gasteiger partial charge in [0, 0.05) is 49.2 Å². The summed E-state index contributed by atoms with van der Waals surface area (Å²) in [6.45, 7) is 9.09. The Hall–Kier alpha value is -0.820. The average Bonchev–Trinajstić information content (AvgIpc) is 2.39. The maximum absolute atomic E-state index is 5.97. The van der Waals surface area contributed by atoms with E-state index in [1.807, 2.05) is 19.0 Å². The maximum Gasteiger partial charge on any atom is 0.227 e. The van der Waals surface area contributed by atoms with E-state index in [1.54, 1.807) is 0 Å². The van der Waals surface area contributed by atoms with Gasteiger partial charge in [0.15, 0.2) is 0 Å². The molecule has 1 aliphatic heterocycles. The molecule has 1 aromatic heterocycles. The van der Waals surface area contributed by atoms with Crippen LogP contribution < -0.4 is 21.3 Å². The van der Waals surface area contributed by atoms with E-state index >= 15 is 0 Å². The fourth-order valence-corrected chi connectivity index (χ4v) is 4.47. The van der Waals surface area contributed by atoms with Crippen LogP contribution in [0.5, 0.6) is 0 Å². The second-order valence-electron chi connectivity index (χ2n) is 9.44. The number of hydrogen-bond acceptors (Lipinski definition) is 6. The van der Waals surface area contributed by atoms with Gasteiger partial charge in [0.2, 0.25) is 5.95 Å². The van der Waals surface area contributed by atoms with E-state index < -0.39 is 0 Å². The monoisotopic (exact) mass is 418 g/mol. The molecule has 156 valence electrons. The number of aromatic nitrogens is 2. The molecule has 1 aromatic rings. The predicted octanol–water partition coefficient (Wildman–Crippen LogP) is 3.31. The molecule has 2 fully saturated rings. The van der Waals surface area contributed by atoms with Crippen LogP contribution in [-0.4, -0.2) is 47.2 Å². The molecule has 2 aliphatic rings. The van der Waals surface area contributed by atoms with Gasteiger partial charge in [-0.25, -0.2) is 4.98 Å². The molecule has 3 rings (SSSR count). The van der Waals surface area contributed by atoms with Gasteiger partial charge in [0.25, 0.3) is 0 Å². The lowest BCUT2D eigenvalue weighted by atomic mass is 9.78. The summed E-state index contributed by atoms with van der Waals surface area (Å²) in [6, 6.07) is 2.85. The zero-order valence-corrected chi connectivity index (χ0v) is 19.0. The lowest BCUT2D eigenvalue weighted by molar-refractivity contribution is 0.170. The van der Waals surface area contributed by atoms with Crippen molar-refractivity contribution >= 4 is 36.6 Å². The molecule has 0 unspecified atom stereocenters. The first-order chi connectivity index (χ1) is 11.5. The average molecular weight is 419 g/mol. The van der Waals surface area contributed by atoms with Crippen molar-refractivity contribution in [1.82, 2.24) is 15.3 Å². The van der Waals surface area contributed by atoms with Gasteiger partial charge < -0.3 is 21.3 Å². The zero-order valence-electron chi connectivity index (χ0n) is 17.4. The fraction of sp³-hybridized carbons (Fsp3) is 0.789. The summed E-state index contributed by atoms with van der Waals surface area (Å²) in [6.07, 6.45) is 4.19. The van der Waals surface area contributed by atoms with Gasteiger partial charge in [-0.1, -0.05) is 0 Å².